The third kappa shape index (κ3) is 7.20. The van der Waals surface area contributed by atoms with E-state index in [1.54, 1.807) is 0 Å². The molecular weight excluding hydrogens is 759 g/mol. The van der Waals surface area contributed by atoms with E-state index >= 15 is 0 Å². The van der Waals surface area contributed by atoms with Crippen LogP contribution in [0.2, 0.25) is 0 Å². The van der Waals surface area contributed by atoms with E-state index in [0.29, 0.717) is 5.92 Å². The number of para-hydroxylation sites is 2. The summed E-state index contributed by atoms with van der Waals surface area (Å²) >= 11 is 0. The Morgan fingerprint density at radius 1 is 0.286 bits per heavy atom. The highest BCUT2D eigenvalue weighted by atomic mass is 15.2. The number of fused-ring (bicyclic) bond motifs is 2. The van der Waals surface area contributed by atoms with Crippen LogP contribution in [0.1, 0.15) is 43.6 Å². The van der Waals surface area contributed by atoms with Gasteiger partial charge in [0.05, 0.1) is 17.1 Å². The monoisotopic (exact) mass is 807 g/mol. The first-order chi connectivity index (χ1) is 31.3. The zero-order valence-corrected chi connectivity index (χ0v) is 35.5. The smallest absolute Gasteiger partial charge is 0.0546 e. The molecule has 0 saturated heterocycles. The third-order valence-corrected chi connectivity index (χ3v) is 13.3. The highest BCUT2D eigenvalue weighted by Crippen LogP contribution is 2.52. The minimum absolute atomic E-state index is 0.560. The van der Waals surface area contributed by atoms with Gasteiger partial charge in [0, 0.05) is 16.7 Å². The van der Waals surface area contributed by atoms with Gasteiger partial charge in [-0.1, -0.05) is 232 Å². The van der Waals surface area contributed by atoms with Gasteiger partial charge in [-0.3, -0.25) is 0 Å². The number of anilines is 3. The summed E-state index contributed by atoms with van der Waals surface area (Å²) in [6.07, 6.45) is 6.42. The first-order valence-electron chi connectivity index (χ1n) is 22.6. The molecular formula is C62H49N. The zero-order chi connectivity index (χ0) is 42.0. The van der Waals surface area contributed by atoms with Crippen molar-refractivity contribution >= 4 is 38.6 Å². The van der Waals surface area contributed by atoms with Gasteiger partial charge in [-0.15, -0.1) is 0 Å². The number of hydrogen-bond donors (Lipinski definition) is 0. The topological polar surface area (TPSA) is 3.24 Å². The van der Waals surface area contributed by atoms with E-state index in [-0.39, 0.29) is 0 Å². The molecule has 1 fully saturated rings. The second kappa shape index (κ2) is 17.1. The molecule has 1 aliphatic rings. The van der Waals surface area contributed by atoms with E-state index in [1.165, 1.54) is 115 Å². The lowest BCUT2D eigenvalue weighted by molar-refractivity contribution is 0.445. The maximum Gasteiger partial charge on any atom is 0.0546 e. The SMILES string of the molecule is c1ccc(-c2cccc(N(c3ccccc3-c3cccc4cccc(-c5ccccc5)c34)c3ccccc3-c3cccc4cccc(C5CCCCC5)c34)c2-c2ccccc2)cc1. The summed E-state index contributed by atoms with van der Waals surface area (Å²) in [5, 5.41) is 5.16. The van der Waals surface area contributed by atoms with Crippen LogP contribution >= 0.6 is 0 Å². The van der Waals surface area contributed by atoms with Gasteiger partial charge < -0.3 is 4.90 Å². The molecule has 0 atom stereocenters. The standard InChI is InChI=1S/C62H49N/c1-5-22-44(23-6-1)50-36-17-30-47-32-19-39-55(60(47)50)53-34-13-15-41-57(53)63(59-43-21-38-52(46-26-9-3-10-27-46)62(59)49-28-11-4-12-29-49)58-42-16-14-35-54(58)56-40-20-33-48-31-18-37-51(61(48)56)45-24-7-2-8-25-45/h1,3-6,9-23,26-43,45H,2,7-8,24-25H2. The lowest BCUT2D eigenvalue weighted by Crippen LogP contribution is -2.14. The molecule has 302 valence electrons. The Labute approximate surface area is 371 Å². The summed E-state index contributed by atoms with van der Waals surface area (Å²) in [6, 6.07) is 85.2. The van der Waals surface area contributed by atoms with Crippen molar-refractivity contribution in [1.29, 1.82) is 0 Å². The Morgan fingerprint density at radius 3 is 1.30 bits per heavy atom. The fraction of sp³-hybridized carbons (Fsp3) is 0.0968. The molecule has 0 bridgehead atoms. The van der Waals surface area contributed by atoms with Gasteiger partial charge in [-0.05, 0) is 103 Å². The van der Waals surface area contributed by atoms with E-state index < -0.39 is 0 Å². The third-order valence-electron chi connectivity index (χ3n) is 13.3. The fourth-order valence-corrected chi connectivity index (χ4v) is 10.4. The molecule has 1 saturated carbocycles. The molecule has 10 aromatic carbocycles. The summed E-state index contributed by atoms with van der Waals surface area (Å²) in [7, 11) is 0. The Hall–Kier alpha value is -7.48. The maximum absolute atomic E-state index is 2.57. The van der Waals surface area contributed by atoms with Gasteiger partial charge in [0.1, 0.15) is 0 Å². The van der Waals surface area contributed by atoms with Gasteiger partial charge in [0.15, 0.2) is 0 Å². The molecule has 0 radical (unpaired) electrons. The average Bonchev–Trinajstić information content (AvgIpc) is 3.37. The van der Waals surface area contributed by atoms with E-state index in [9.17, 15) is 0 Å². The summed E-state index contributed by atoms with van der Waals surface area (Å²) in [4.78, 5) is 2.57. The van der Waals surface area contributed by atoms with E-state index in [4.69, 9.17) is 0 Å². The van der Waals surface area contributed by atoms with Crippen LogP contribution < -0.4 is 4.90 Å². The Morgan fingerprint density at radius 2 is 0.698 bits per heavy atom. The summed E-state index contributed by atoms with van der Waals surface area (Å²) in [5.41, 5.74) is 16.9. The van der Waals surface area contributed by atoms with Crippen LogP contribution in [0.5, 0.6) is 0 Å². The van der Waals surface area contributed by atoms with E-state index in [1.807, 2.05) is 0 Å². The molecule has 0 amide bonds. The van der Waals surface area contributed by atoms with Crippen LogP contribution in [0.15, 0.2) is 231 Å². The van der Waals surface area contributed by atoms with Gasteiger partial charge in [0.2, 0.25) is 0 Å². The lowest BCUT2D eigenvalue weighted by Gasteiger charge is -2.33. The second-order valence-corrected chi connectivity index (χ2v) is 17.0. The molecule has 0 aromatic heterocycles. The number of benzene rings is 10. The van der Waals surface area contributed by atoms with Gasteiger partial charge in [-0.2, -0.15) is 0 Å². The van der Waals surface area contributed by atoms with Gasteiger partial charge in [0.25, 0.3) is 0 Å². The molecule has 0 aliphatic heterocycles. The maximum atomic E-state index is 2.57. The van der Waals surface area contributed by atoms with Crippen molar-refractivity contribution in [1.82, 2.24) is 0 Å². The van der Waals surface area contributed by atoms with Crippen LogP contribution in [0.3, 0.4) is 0 Å². The predicted molar refractivity (Wildman–Crippen MR) is 269 cm³/mol. The van der Waals surface area contributed by atoms with Crippen LogP contribution in [-0.4, -0.2) is 0 Å². The fourth-order valence-electron chi connectivity index (χ4n) is 10.4. The first kappa shape index (κ1) is 38.4. The van der Waals surface area contributed by atoms with Crippen molar-refractivity contribution in [2.24, 2.45) is 0 Å². The highest BCUT2D eigenvalue weighted by Gasteiger charge is 2.27. The number of hydrogen-bond acceptors (Lipinski definition) is 1. The molecule has 1 aliphatic carbocycles. The number of rotatable bonds is 9. The van der Waals surface area contributed by atoms with Crippen molar-refractivity contribution < 1.29 is 0 Å². The Balaban J connectivity index is 1.24. The summed E-state index contributed by atoms with van der Waals surface area (Å²) in [5.74, 6) is 0.560. The van der Waals surface area contributed by atoms with Gasteiger partial charge >= 0.3 is 0 Å². The highest BCUT2D eigenvalue weighted by molar-refractivity contribution is 6.11. The molecule has 0 unspecified atom stereocenters. The van der Waals surface area contributed by atoms with Crippen LogP contribution in [0.4, 0.5) is 17.1 Å². The zero-order valence-electron chi connectivity index (χ0n) is 35.5. The van der Waals surface area contributed by atoms with Crippen LogP contribution in [-0.2, 0) is 0 Å². The molecule has 0 N–H and O–H groups in total. The molecule has 0 heterocycles. The average molecular weight is 808 g/mol. The van der Waals surface area contributed by atoms with Crippen molar-refractivity contribution in [2.45, 2.75) is 38.0 Å². The molecule has 63 heavy (non-hydrogen) atoms. The Kier molecular flexibility index (Phi) is 10.4. The molecule has 0 spiro atoms. The number of nitrogens with zero attached hydrogens (tertiary/aromatic N) is 1. The Bertz CT molecular complexity index is 3190. The molecule has 1 heteroatoms. The van der Waals surface area contributed by atoms with Crippen LogP contribution in [0.25, 0.3) is 77.2 Å². The predicted octanol–water partition coefficient (Wildman–Crippen LogP) is 17.8. The van der Waals surface area contributed by atoms with Crippen molar-refractivity contribution in [3.8, 4) is 55.6 Å². The van der Waals surface area contributed by atoms with Crippen molar-refractivity contribution in [3.05, 3.63) is 236 Å². The van der Waals surface area contributed by atoms with Crippen molar-refractivity contribution in [3.63, 3.8) is 0 Å². The van der Waals surface area contributed by atoms with E-state index in [2.05, 4.69) is 235 Å². The minimum atomic E-state index is 0.560. The van der Waals surface area contributed by atoms with Crippen molar-refractivity contribution in [2.75, 3.05) is 4.90 Å². The first-order valence-corrected chi connectivity index (χ1v) is 22.6. The second-order valence-electron chi connectivity index (χ2n) is 17.0. The minimum Gasteiger partial charge on any atom is -0.309 e. The largest absolute Gasteiger partial charge is 0.309 e. The molecule has 1 nitrogen and oxygen atoms in total. The van der Waals surface area contributed by atoms with Crippen LogP contribution in [0, 0.1) is 0 Å². The van der Waals surface area contributed by atoms with E-state index in [0.717, 1.165) is 17.1 Å². The van der Waals surface area contributed by atoms with Gasteiger partial charge in [-0.25, -0.2) is 0 Å². The lowest BCUT2D eigenvalue weighted by atomic mass is 9.80. The summed E-state index contributed by atoms with van der Waals surface area (Å²) < 4.78 is 0. The quantitative estimate of drug-likeness (QED) is 0.140. The molecule has 10 aromatic rings. The summed E-state index contributed by atoms with van der Waals surface area (Å²) in [6.45, 7) is 0. The molecule has 11 rings (SSSR count). The normalized spacial score (nSPS) is 13.0.